The van der Waals surface area contributed by atoms with Gasteiger partial charge in [0.1, 0.15) is 0 Å². The van der Waals surface area contributed by atoms with Gasteiger partial charge in [0.2, 0.25) is 0 Å². The molecule has 0 aliphatic carbocycles. The van der Waals surface area contributed by atoms with Gasteiger partial charge in [0.25, 0.3) is 5.91 Å². The van der Waals surface area contributed by atoms with Crippen LogP contribution in [-0.2, 0) is 19.5 Å². The summed E-state index contributed by atoms with van der Waals surface area (Å²) in [6, 6.07) is 10.0. The average molecular weight is 351 g/mol. The lowest BCUT2D eigenvalue weighted by atomic mass is 9.98. The minimum absolute atomic E-state index is 0.0112. The second-order valence-electron chi connectivity index (χ2n) is 4.80. The van der Waals surface area contributed by atoms with E-state index in [1.54, 1.807) is 11.3 Å². The Morgan fingerprint density at radius 2 is 2.20 bits per heavy atom. The summed E-state index contributed by atoms with van der Waals surface area (Å²) in [5.74, 6) is -0.0112. The zero-order valence-electron chi connectivity index (χ0n) is 10.9. The van der Waals surface area contributed by atoms with E-state index in [9.17, 15) is 4.79 Å². The van der Waals surface area contributed by atoms with Gasteiger partial charge in [0.05, 0.1) is 10.3 Å². The molecule has 1 aromatic carbocycles. The zero-order valence-corrected chi connectivity index (χ0v) is 13.3. The Morgan fingerprint density at radius 3 is 3.00 bits per heavy atom. The standard InChI is InChI=1S/C15H15BrN2OS/c16-14-4-3-13(20-14)9-18-15(19)11-2-1-10-5-6-17-8-12(10)7-11/h1-4,7,17H,5-6,8-9H2,(H,18,19). The lowest BCUT2D eigenvalue weighted by Crippen LogP contribution is -2.26. The Bertz CT molecular complexity index is 639. The van der Waals surface area contributed by atoms with Gasteiger partial charge in [0, 0.05) is 17.0 Å². The van der Waals surface area contributed by atoms with Crippen molar-refractivity contribution in [2.24, 2.45) is 0 Å². The van der Waals surface area contributed by atoms with Crippen LogP contribution in [0.25, 0.3) is 0 Å². The molecule has 0 atom stereocenters. The van der Waals surface area contributed by atoms with Crippen molar-refractivity contribution in [2.75, 3.05) is 6.54 Å². The van der Waals surface area contributed by atoms with Crippen molar-refractivity contribution in [3.05, 3.63) is 55.7 Å². The van der Waals surface area contributed by atoms with Gasteiger partial charge < -0.3 is 10.6 Å². The lowest BCUT2D eigenvalue weighted by molar-refractivity contribution is 0.0951. The summed E-state index contributed by atoms with van der Waals surface area (Å²) in [5.41, 5.74) is 3.33. The molecule has 3 nitrogen and oxygen atoms in total. The van der Waals surface area contributed by atoms with Crippen LogP contribution in [0, 0.1) is 0 Å². The van der Waals surface area contributed by atoms with Gasteiger partial charge in [-0.15, -0.1) is 11.3 Å². The maximum Gasteiger partial charge on any atom is 0.251 e. The number of hydrogen-bond acceptors (Lipinski definition) is 3. The second-order valence-corrected chi connectivity index (χ2v) is 7.35. The number of rotatable bonds is 3. The molecule has 0 spiro atoms. The van der Waals surface area contributed by atoms with Crippen LogP contribution >= 0.6 is 27.3 Å². The normalized spacial score (nSPS) is 13.8. The molecule has 1 aliphatic heterocycles. The Labute approximate surface area is 130 Å². The third-order valence-corrected chi connectivity index (χ3v) is 5.03. The van der Waals surface area contributed by atoms with Crippen LogP contribution in [0.3, 0.4) is 0 Å². The molecule has 0 bridgehead atoms. The molecule has 3 rings (SSSR count). The molecule has 0 saturated carbocycles. The largest absolute Gasteiger partial charge is 0.347 e. The highest BCUT2D eigenvalue weighted by molar-refractivity contribution is 9.11. The van der Waals surface area contributed by atoms with Crippen molar-refractivity contribution in [1.82, 2.24) is 10.6 Å². The molecule has 2 heterocycles. The van der Waals surface area contributed by atoms with Crippen LogP contribution in [0.2, 0.25) is 0 Å². The highest BCUT2D eigenvalue weighted by Crippen LogP contribution is 2.22. The summed E-state index contributed by atoms with van der Waals surface area (Å²) in [7, 11) is 0. The third-order valence-electron chi connectivity index (χ3n) is 3.41. The van der Waals surface area contributed by atoms with E-state index in [-0.39, 0.29) is 5.91 Å². The first-order valence-corrected chi connectivity index (χ1v) is 8.18. The summed E-state index contributed by atoms with van der Waals surface area (Å²) < 4.78 is 1.08. The molecule has 2 aromatic rings. The number of hydrogen-bond donors (Lipinski definition) is 2. The molecule has 2 N–H and O–H groups in total. The molecule has 0 fully saturated rings. The van der Waals surface area contributed by atoms with Gasteiger partial charge in [-0.2, -0.15) is 0 Å². The lowest BCUT2D eigenvalue weighted by Gasteiger charge is -2.17. The number of amides is 1. The van der Waals surface area contributed by atoms with Crippen molar-refractivity contribution >= 4 is 33.2 Å². The fourth-order valence-electron chi connectivity index (χ4n) is 2.34. The van der Waals surface area contributed by atoms with E-state index < -0.39 is 0 Å². The Balaban J connectivity index is 1.67. The van der Waals surface area contributed by atoms with Crippen molar-refractivity contribution in [3.8, 4) is 0 Å². The van der Waals surface area contributed by atoms with Crippen molar-refractivity contribution in [3.63, 3.8) is 0 Å². The van der Waals surface area contributed by atoms with Crippen molar-refractivity contribution < 1.29 is 4.79 Å². The van der Waals surface area contributed by atoms with Crippen LogP contribution in [0.4, 0.5) is 0 Å². The fourth-order valence-corrected chi connectivity index (χ4v) is 3.76. The van der Waals surface area contributed by atoms with Crippen LogP contribution < -0.4 is 10.6 Å². The molecule has 0 saturated heterocycles. The summed E-state index contributed by atoms with van der Waals surface area (Å²) >= 11 is 5.06. The maximum atomic E-state index is 12.2. The van der Waals surface area contributed by atoms with Gasteiger partial charge in [-0.05, 0) is 64.3 Å². The molecule has 1 aromatic heterocycles. The molecule has 5 heteroatoms. The smallest absolute Gasteiger partial charge is 0.251 e. The molecule has 0 radical (unpaired) electrons. The molecule has 1 amide bonds. The van der Waals surface area contributed by atoms with Crippen LogP contribution in [-0.4, -0.2) is 12.5 Å². The van der Waals surface area contributed by atoms with E-state index >= 15 is 0 Å². The highest BCUT2D eigenvalue weighted by Gasteiger charge is 2.12. The topological polar surface area (TPSA) is 41.1 Å². The van der Waals surface area contributed by atoms with E-state index in [1.807, 2.05) is 24.3 Å². The Hall–Kier alpha value is -1.17. The zero-order chi connectivity index (χ0) is 13.9. The van der Waals surface area contributed by atoms with E-state index in [1.165, 1.54) is 11.1 Å². The van der Waals surface area contributed by atoms with Crippen LogP contribution in [0.1, 0.15) is 26.4 Å². The number of halogens is 1. The summed E-state index contributed by atoms with van der Waals surface area (Å²) in [6.07, 6.45) is 1.04. The summed E-state index contributed by atoms with van der Waals surface area (Å²) in [6.45, 7) is 2.45. The molecule has 20 heavy (non-hydrogen) atoms. The first-order chi connectivity index (χ1) is 9.72. The predicted octanol–water partition coefficient (Wildman–Crippen LogP) is 3.09. The van der Waals surface area contributed by atoms with Crippen molar-refractivity contribution in [2.45, 2.75) is 19.5 Å². The quantitative estimate of drug-likeness (QED) is 0.892. The second kappa shape index (κ2) is 6.08. The maximum absolute atomic E-state index is 12.2. The number of carbonyl (C=O) groups excluding carboxylic acids is 1. The molecule has 1 aliphatic rings. The molecular formula is C15H15BrN2OS. The first kappa shape index (κ1) is 13.8. The van der Waals surface area contributed by atoms with Crippen molar-refractivity contribution in [1.29, 1.82) is 0 Å². The third kappa shape index (κ3) is 3.11. The van der Waals surface area contributed by atoms with Gasteiger partial charge in [-0.25, -0.2) is 0 Å². The van der Waals surface area contributed by atoms with Gasteiger partial charge >= 0.3 is 0 Å². The molecule has 104 valence electrons. The van der Waals surface area contributed by atoms with E-state index in [4.69, 9.17) is 0 Å². The summed E-state index contributed by atoms with van der Waals surface area (Å²) in [4.78, 5) is 13.3. The fraction of sp³-hybridized carbons (Fsp3) is 0.267. The number of thiophene rings is 1. The van der Waals surface area contributed by atoms with Crippen LogP contribution in [0.5, 0.6) is 0 Å². The van der Waals surface area contributed by atoms with Gasteiger partial charge in [0.15, 0.2) is 0 Å². The Kier molecular flexibility index (Phi) is 4.19. The SMILES string of the molecule is O=C(NCc1ccc(Br)s1)c1ccc2c(c1)CNCC2. The van der Waals surface area contributed by atoms with E-state index in [2.05, 4.69) is 32.6 Å². The minimum Gasteiger partial charge on any atom is -0.347 e. The Morgan fingerprint density at radius 1 is 1.30 bits per heavy atom. The first-order valence-electron chi connectivity index (χ1n) is 6.57. The predicted molar refractivity (Wildman–Crippen MR) is 85.0 cm³/mol. The number of nitrogens with one attached hydrogen (secondary N) is 2. The number of fused-ring (bicyclic) bond motifs is 1. The average Bonchev–Trinajstić information content (AvgIpc) is 2.90. The highest BCUT2D eigenvalue weighted by atomic mass is 79.9. The minimum atomic E-state index is -0.0112. The van der Waals surface area contributed by atoms with Gasteiger partial charge in [-0.1, -0.05) is 6.07 Å². The van der Waals surface area contributed by atoms with Crippen LogP contribution in [0.15, 0.2) is 34.1 Å². The summed E-state index contributed by atoms with van der Waals surface area (Å²) in [5, 5.41) is 6.30. The van der Waals surface area contributed by atoms with E-state index in [0.29, 0.717) is 6.54 Å². The number of benzene rings is 1. The van der Waals surface area contributed by atoms with E-state index in [0.717, 1.165) is 33.7 Å². The van der Waals surface area contributed by atoms with Gasteiger partial charge in [-0.3, -0.25) is 4.79 Å². The molecule has 0 unspecified atom stereocenters. The monoisotopic (exact) mass is 350 g/mol. The molecular weight excluding hydrogens is 336 g/mol. The number of carbonyl (C=O) groups is 1.